The van der Waals surface area contributed by atoms with E-state index in [0.717, 1.165) is 12.1 Å². The van der Waals surface area contributed by atoms with Crippen LogP contribution in [0.2, 0.25) is 0 Å². The lowest BCUT2D eigenvalue weighted by atomic mass is 10.0. The molecule has 10 heteroatoms. The van der Waals surface area contributed by atoms with Crippen LogP contribution in [-0.4, -0.2) is 0 Å². The van der Waals surface area contributed by atoms with Crippen molar-refractivity contribution in [3.8, 4) is 23.0 Å². The molecule has 0 fully saturated rings. The van der Waals surface area contributed by atoms with E-state index in [9.17, 15) is 26.3 Å². The van der Waals surface area contributed by atoms with Crippen molar-refractivity contribution >= 4 is 11.4 Å². The van der Waals surface area contributed by atoms with Gasteiger partial charge in [0.15, 0.2) is 0 Å². The van der Waals surface area contributed by atoms with Crippen LogP contribution in [0.25, 0.3) is 0 Å². The molecule has 4 N–H and O–H groups in total. The Bertz CT molecular complexity index is 945. The molecule has 0 radical (unpaired) electrons. The minimum Gasteiger partial charge on any atom is -0.457 e. The number of rotatable bonds is 4. The molecule has 0 saturated carbocycles. The Morgan fingerprint density at radius 3 is 1.07 bits per heavy atom. The van der Waals surface area contributed by atoms with E-state index < -0.39 is 35.0 Å². The van der Waals surface area contributed by atoms with Crippen molar-refractivity contribution in [3.63, 3.8) is 0 Å². The van der Waals surface area contributed by atoms with Crippen molar-refractivity contribution in [2.24, 2.45) is 0 Å². The molecule has 3 rings (SSSR count). The van der Waals surface area contributed by atoms with Crippen LogP contribution in [0, 0.1) is 0 Å². The Hall–Kier alpha value is -3.56. The highest BCUT2D eigenvalue weighted by atomic mass is 19.4. The van der Waals surface area contributed by atoms with E-state index in [2.05, 4.69) is 0 Å². The molecule has 3 aromatic carbocycles. The molecule has 0 atom stereocenters. The molecular formula is C20H14F6N2O2. The van der Waals surface area contributed by atoms with Crippen LogP contribution in [0.15, 0.2) is 60.7 Å². The summed E-state index contributed by atoms with van der Waals surface area (Å²) in [5.74, 6) is -2.28. The van der Waals surface area contributed by atoms with Crippen molar-refractivity contribution in [3.05, 3.63) is 71.8 Å². The second kappa shape index (κ2) is 7.69. The molecule has 0 bridgehead atoms. The fourth-order valence-corrected chi connectivity index (χ4v) is 2.62. The first-order chi connectivity index (χ1) is 13.9. The van der Waals surface area contributed by atoms with Crippen LogP contribution in [0.5, 0.6) is 23.0 Å². The Kier molecular flexibility index (Phi) is 5.43. The summed E-state index contributed by atoms with van der Waals surface area (Å²) in [5.41, 5.74) is 7.60. The van der Waals surface area contributed by atoms with Gasteiger partial charge >= 0.3 is 12.4 Å². The quantitative estimate of drug-likeness (QED) is 0.369. The van der Waals surface area contributed by atoms with E-state index in [-0.39, 0.29) is 11.5 Å². The summed E-state index contributed by atoms with van der Waals surface area (Å²) in [6.45, 7) is 0. The lowest BCUT2D eigenvalue weighted by Crippen LogP contribution is -2.19. The fourth-order valence-electron chi connectivity index (χ4n) is 2.62. The number of alkyl halides is 6. The molecule has 0 aliphatic rings. The van der Waals surface area contributed by atoms with Crippen LogP contribution in [0.1, 0.15) is 11.1 Å². The van der Waals surface area contributed by atoms with Crippen LogP contribution < -0.4 is 20.9 Å². The van der Waals surface area contributed by atoms with Gasteiger partial charge in [0.25, 0.3) is 0 Å². The average Bonchev–Trinajstić information content (AvgIpc) is 2.64. The summed E-state index contributed by atoms with van der Waals surface area (Å²) < 4.78 is 92.4. The Morgan fingerprint density at radius 1 is 0.500 bits per heavy atom. The Balaban J connectivity index is 2.15. The maximum atomic E-state index is 13.7. The summed E-state index contributed by atoms with van der Waals surface area (Å²) >= 11 is 0. The van der Waals surface area contributed by atoms with E-state index in [1.165, 1.54) is 48.5 Å². The Labute approximate surface area is 166 Å². The van der Waals surface area contributed by atoms with E-state index in [1.807, 2.05) is 0 Å². The van der Waals surface area contributed by atoms with Crippen molar-refractivity contribution in [2.75, 3.05) is 11.5 Å². The third-order valence-electron chi connectivity index (χ3n) is 3.91. The minimum absolute atomic E-state index is 0.116. The number of halogens is 6. The van der Waals surface area contributed by atoms with Gasteiger partial charge in [0, 0.05) is 11.4 Å². The maximum Gasteiger partial charge on any atom is 0.420 e. The number of benzene rings is 3. The lowest BCUT2D eigenvalue weighted by Gasteiger charge is -2.22. The average molecular weight is 428 g/mol. The third kappa shape index (κ3) is 4.70. The highest BCUT2D eigenvalue weighted by molar-refractivity contribution is 5.55. The van der Waals surface area contributed by atoms with Crippen molar-refractivity contribution in [1.82, 2.24) is 0 Å². The van der Waals surface area contributed by atoms with Gasteiger partial charge in [0.05, 0.1) is 0 Å². The number of anilines is 2. The predicted octanol–water partition coefficient (Wildman–Crippen LogP) is 6.47. The van der Waals surface area contributed by atoms with E-state index in [4.69, 9.17) is 20.9 Å². The van der Waals surface area contributed by atoms with Crippen LogP contribution in [0.4, 0.5) is 37.7 Å². The van der Waals surface area contributed by atoms with Gasteiger partial charge in [0.1, 0.15) is 34.1 Å². The molecule has 0 saturated heterocycles. The smallest absolute Gasteiger partial charge is 0.420 e. The highest BCUT2D eigenvalue weighted by Gasteiger charge is 2.48. The molecule has 0 aliphatic heterocycles. The molecule has 0 heterocycles. The number of hydrogen-bond acceptors (Lipinski definition) is 4. The van der Waals surface area contributed by atoms with Crippen LogP contribution in [0.3, 0.4) is 0 Å². The second-order valence-electron chi connectivity index (χ2n) is 6.15. The zero-order chi connectivity index (χ0) is 22.1. The molecule has 0 unspecified atom stereocenters. The first-order valence-electron chi connectivity index (χ1n) is 8.33. The monoisotopic (exact) mass is 428 g/mol. The minimum atomic E-state index is -5.38. The predicted molar refractivity (Wildman–Crippen MR) is 98.3 cm³/mol. The van der Waals surface area contributed by atoms with Crippen LogP contribution >= 0.6 is 0 Å². The van der Waals surface area contributed by atoms with E-state index in [0.29, 0.717) is 11.4 Å². The van der Waals surface area contributed by atoms with Crippen molar-refractivity contribution in [1.29, 1.82) is 0 Å². The fraction of sp³-hybridized carbons (Fsp3) is 0.100. The lowest BCUT2D eigenvalue weighted by molar-refractivity contribution is -0.163. The van der Waals surface area contributed by atoms with Gasteiger partial charge in [-0.25, -0.2) is 0 Å². The number of hydrogen-bond donors (Lipinski definition) is 2. The first-order valence-corrected chi connectivity index (χ1v) is 8.33. The topological polar surface area (TPSA) is 70.5 Å². The molecule has 0 aliphatic carbocycles. The summed E-state index contributed by atoms with van der Waals surface area (Å²) in [7, 11) is 0. The summed E-state index contributed by atoms with van der Waals surface area (Å²) in [5, 5.41) is 0. The molecule has 158 valence electrons. The van der Waals surface area contributed by atoms with E-state index in [1.54, 1.807) is 0 Å². The van der Waals surface area contributed by atoms with Gasteiger partial charge in [-0.1, -0.05) is 0 Å². The maximum absolute atomic E-state index is 13.7. The number of ether oxygens (including phenoxy) is 2. The SMILES string of the molecule is Nc1ccc(Oc2ccc(Oc3ccc(N)cc3)c(C(F)(F)F)c2C(F)(F)F)cc1. The largest absolute Gasteiger partial charge is 0.457 e. The van der Waals surface area contributed by atoms with Gasteiger partial charge in [-0.3, -0.25) is 0 Å². The second-order valence-corrected chi connectivity index (χ2v) is 6.15. The summed E-state index contributed by atoms with van der Waals surface area (Å²) in [6, 6.07) is 11.8. The van der Waals surface area contributed by atoms with Gasteiger partial charge in [-0.05, 0) is 60.7 Å². The molecular weight excluding hydrogens is 414 g/mol. The molecule has 0 amide bonds. The summed E-state index contributed by atoms with van der Waals surface area (Å²) in [4.78, 5) is 0. The molecule has 0 spiro atoms. The van der Waals surface area contributed by atoms with Gasteiger partial charge in [-0.15, -0.1) is 0 Å². The van der Waals surface area contributed by atoms with E-state index >= 15 is 0 Å². The van der Waals surface area contributed by atoms with Crippen molar-refractivity contribution in [2.45, 2.75) is 12.4 Å². The van der Waals surface area contributed by atoms with Crippen LogP contribution in [-0.2, 0) is 12.4 Å². The van der Waals surface area contributed by atoms with Gasteiger partial charge < -0.3 is 20.9 Å². The van der Waals surface area contributed by atoms with Gasteiger partial charge in [-0.2, -0.15) is 26.3 Å². The third-order valence-corrected chi connectivity index (χ3v) is 3.91. The first kappa shape index (κ1) is 21.2. The zero-order valence-corrected chi connectivity index (χ0v) is 15.0. The normalized spacial score (nSPS) is 11.9. The molecule has 3 aromatic rings. The van der Waals surface area contributed by atoms with Crippen molar-refractivity contribution < 1.29 is 35.8 Å². The van der Waals surface area contributed by atoms with Gasteiger partial charge in [0.2, 0.25) is 0 Å². The standard InChI is InChI=1S/C20H14F6N2O2/c21-19(22,23)17-15(29-13-5-1-11(27)2-6-13)9-10-16(18(17)20(24,25)26)30-14-7-3-12(28)4-8-14/h1-10H,27-28H2. The molecule has 4 nitrogen and oxygen atoms in total. The number of nitrogens with two attached hydrogens (primary N) is 2. The summed E-state index contributed by atoms with van der Waals surface area (Å²) in [6.07, 6.45) is -10.8. The molecule has 30 heavy (non-hydrogen) atoms. The highest BCUT2D eigenvalue weighted by Crippen LogP contribution is 2.50. The molecule has 0 aromatic heterocycles. The Morgan fingerprint density at radius 2 is 0.800 bits per heavy atom. The zero-order valence-electron chi connectivity index (χ0n) is 15.0. The number of nitrogen functional groups attached to an aromatic ring is 2.